The van der Waals surface area contributed by atoms with E-state index in [0.717, 1.165) is 31.6 Å². The minimum Gasteiger partial charge on any atom is -0.375 e. The number of hydrogen-bond donors (Lipinski definition) is 1. The molecular formula is C13H22N4O. The van der Waals surface area contributed by atoms with Crippen LogP contribution in [-0.4, -0.2) is 27.2 Å². The van der Waals surface area contributed by atoms with Crippen molar-refractivity contribution in [2.75, 3.05) is 6.61 Å². The zero-order chi connectivity index (χ0) is 12.6. The molecule has 0 radical (unpaired) electrons. The van der Waals surface area contributed by atoms with Crippen molar-refractivity contribution in [3.63, 3.8) is 0 Å². The van der Waals surface area contributed by atoms with Crippen molar-refractivity contribution in [2.45, 2.75) is 63.1 Å². The Morgan fingerprint density at radius 3 is 3.11 bits per heavy atom. The molecule has 1 aliphatic carbocycles. The van der Waals surface area contributed by atoms with Gasteiger partial charge in [0.2, 0.25) is 0 Å². The summed E-state index contributed by atoms with van der Waals surface area (Å²) in [5.41, 5.74) is 7.05. The van der Waals surface area contributed by atoms with Gasteiger partial charge in [-0.2, -0.15) is 0 Å². The Kier molecular flexibility index (Phi) is 3.11. The van der Waals surface area contributed by atoms with Crippen LogP contribution in [0.1, 0.15) is 63.2 Å². The smallest absolute Gasteiger partial charge is 0.0994 e. The molecule has 2 heterocycles. The molecule has 0 bridgehead atoms. The van der Waals surface area contributed by atoms with Crippen LogP contribution < -0.4 is 5.73 Å². The summed E-state index contributed by atoms with van der Waals surface area (Å²) in [5.74, 6) is 0. The second-order valence-corrected chi connectivity index (χ2v) is 5.67. The van der Waals surface area contributed by atoms with Gasteiger partial charge >= 0.3 is 0 Å². The molecule has 2 N–H and O–H groups in total. The molecule has 2 fully saturated rings. The number of ether oxygens (including phenoxy) is 1. The van der Waals surface area contributed by atoms with Crippen LogP contribution in [0.5, 0.6) is 0 Å². The number of aromatic nitrogens is 3. The van der Waals surface area contributed by atoms with Crippen LogP contribution in [0.15, 0.2) is 6.20 Å². The molecule has 2 atom stereocenters. The third kappa shape index (κ3) is 2.06. The summed E-state index contributed by atoms with van der Waals surface area (Å²) >= 11 is 0. The van der Waals surface area contributed by atoms with E-state index in [-0.39, 0.29) is 11.6 Å². The summed E-state index contributed by atoms with van der Waals surface area (Å²) in [4.78, 5) is 0. The molecule has 1 aromatic rings. The van der Waals surface area contributed by atoms with Crippen LogP contribution >= 0.6 is 0 Å². The molecule has 100 valence electrons. The van der Waals surface area contributed by atoms with Crippen molar-refractivity contribution >= 4 is 0 Å². The predicted molar refractivity (Wildman–Crippen MR) is 68.0 cm³/mol. The van der Waals surface area contributed by atoms with Gasteiger partial charge in [-0.25, -0.2) is 4.68 Å². The summed E-state index contributed by atoms with van der Waals surface area (Å²) < 4.78 is 7.95. The van der Waals surface area contributed by atoms with Gasteiger partial charge in [-0.3, -0.25) is 0 Å². The maximum Gasteiger partial charge on any atom is 0.0994 e. The lowest BCUT2D eigenvalue weighted by Gasteiger charge is -2.47. The van der Waals surface area contributed by atoms with Gasteiger partial charge in [-0.15, -0.1) is 5.10 Å². The SMILES string of the molecule is CCC(N)c1cn(C2CCOC3(CCC3)C2)nn1. The fraction of sp³-hybridized carbons (Fsp3) is 0.846. The first-order valence-corrected chi connectivity index (χ1v) is 7.04. The van der Waals surface area contributed by atoms with Crippen LogP contribution in [0.3, 0.4) is 0 Å². The zero-order valence-corrected chi connectivity index (χ0v) is 11.0. The molecule has 1 saturated heterocycles. The Labute approximate surface area is 108 Å². The van der Waals surface area contributed by atoms with Crippen molar-refractivity contribution in [1.82, 2.24) is 15.0 Å². The lowest BCUT2D eigenvalue weighted by molar-refractivity contribution is -0.141. The highest BCUT2D eigenvalue weighted by molar-refractivity contribution is 5.02. The van der Waals surface area contributed by atoms with Crippen LogP contribution in [0.25, 0.3) is 0 Å². The first-order chi connectivity index (χ1) is 8.72. The normalized spacial score (nSPS) is 28.0. The van der Waals surface area contributed by atoms with E-state index in [2.05, 4.69) is 17.2 Å². The Balaban J connectivity index is 1.72. The van der Waals surface area contributed by atoms with Gasteiger partial charge in [0.1, 0.15) is 0 Å². The molecule has 1 saturated carbocycles. The Morgan fingerprint density at radius 2 is 2.44 bits per heavy atom. The summed E-state index contributed by atoms with van der Waals surface area (Å²) in [7, 11) is 0. The van der Waals surface area contributed by atoms with Crippen LogP contribution in [0.2, 0.25) is 0 Å². The molecule has 1 spiro atoms. The van der Waals surface area contributed by atoms with Crippen molar-refractivity contribution in [2.24, 2.45) is 5.73 Å². The fourth-order valence-corrected chi connectivity index (χ4v) is 3.00. The second-order valence-electron chi connectivity index (χ2n) is 5.67. The van der Waals surface area contributed by atoms with Gasteiger partial charge < -0.3 is 10.5 Å². The van der Waals surface area contributed by atoms with Crippen LogP contribution in [-0.2, 0) is 4.74 Å². The van der Waals surface area contributed by atoms with E-state index in [4.69, 9.17) is 10.5 Å². The molecule has 2 aliphatic rings. The quantitative estimate of drug-likeness (QED) is 0.890. The molecule has 1 aromatic heterocycles. The van der Waals surface area contributed by atoms with Crippen molar-refractivity contribution in [3.05, 3.63) is 11.9 Å². The van der Waals surface area contributed by atoms with Crippen molar-refractivity contribution in [1.29, 1.82) is 0 Å². The average molecular weight is 250 g/mol. The van der Waals surface area contributed by atoms with Gasteiger partial charge in [-0.05, 0) is 38.5 Å². The predicted octanol–water partition coefficient (Wildman–Crippen LogP) is 1.96. The van der Waals surface area contributed by atoms with E-state index in [1.54, 1.807) is 0 Å². The highest BCUT2D eigenvalue weighted by atomic mass is 16.5. The summed E-state index contributed by atoms with van der Waals surface area (Å²) in [6, 6.07) is 0.445. The molecule has 1 aliphatic heterocycles. The van der Waals surface area contributed by atoms with Crippen molar-refractivity contribution < 1.29 is 4.74 Å². The molecule has 5 heteroatoms. The molecular weight excluding hydrogens is 228 g/mol. The molecule has 18 heavy (non-hydrogen) atoms. The monoisotopic (exact) mass is 250 g/mol. The lowest BCUT2D eigenvalue weighted by atomic mass is 9.74. The highest BCUT2D eigenvalue weighted by Gasteiger charge is 2.43. The third-order valence-electron chi connectivity index (χ3n) is 4.45. The van der Waals surface area contributed by atoms with Crippen LogP contribution in [0.4, 0.5) is 0 Å². The zero-order valence-electron chi connectivity index (χ0n) is 11.0. The minimum absolute atomic E-state index is 0.0104. The fourth-order valence-electron chi connectivity index (χ4n) is 3.00. The summed E-state index contributed by atoms with van der Waals surface area (Å²) in [6.07, 6.45) is 8.76. The second kappa shape index (κ2) is 4.63. The average Bonchev–Trinajstić information content (AvgIpc) is 2.86. The van der Waals surface area contributed by atoms with Gasteiger partial charge in [0, 0.05) is 6.61 Å². The Morgan fingerprint density at radius 1 is 1.61 bits per heavy atom. The minimum atomic E-state index is 0.0104. The molecule has 5 nitrogen and oxygen atoms in total. The van der Waals surface area contributed by atoms with Crippen LogP contribution in [0, 0.1) is 0 Å². The maximum atomic E-state index is 5.99. The third-order valence-corrected chi connectivity index (χ3v) is 4.45. The van der Waals surface area contributed by atoms with Gasteiger partial charge in [0.25, 0.3) is 0 Å². The number of hydrogen-bond acceptors (Lipinski definition) is 4. The topological polar surface area (TPSA) is 66.0 Å². The Hall–Kier alpha value is -0.940. The van der Waals surface area contributed by atoms with E-state index >= 15 is 0 Å². The maximum absolute atomic E-state index is 5.99. The van der Waals surface area contributed by atoms with E-state index in [1.807, 2.05) is 10.9 Å². The van der Waals surface area contributed by atoms with E-state index < -0.39 is 0 Å². The lowest BCUT2D eigenvalue weighted by Crippen LogP contribution is -2.46. The standard InChI is InChI=1S/C13H22N4O/c1-2-11(14)12-9-17(16-15-12)10-4-7-18-13(8-10)5-3-6-13/h9-11H,2-8,14H2,1H3. The summed E-state index contributed by atoms with van der Waals surface area (Å²) in [5, 5.41) is 8.46. The number of rotatable bonds is 3. The van der Waals surface area contributed by atoms with Crippen molar-refractivity contribution in [3.8, 4) is 0 Å². The van der Waals surface area contributed by atoms with E-state index in [1.165, 1.54) is 19.3 Å². The number of nitrogens with two attached hydrogens (primary N) is 1. The highest BCUT2D eigenvalue weighted by Crippen LogP contribution is 2.45. The largest absolute Gasteiger partial charge is 0.375 e. The molecule has 2 unspecified atom stereocenters. The molecule has 0 aromatic carbocycles. The Bertz CT molecular complexity index is 413. The summed E-state index contributed by atoms with van der Waals surface area (Å²) in [6.45, 7) is 2.92. The molecule has 0 amide bonds. The molecule has 3 rings (SSSR count). The van der Waals surface area contributed by atoms with E-state index in [9.17, 15) is 0 Å². The van der Waals surface area contributed by atoms with E-state index in [0.29, 0.717) is 6.04 Å². The van der Waals surface area contributed by atoms with Gasteiger partial charge in [-0.1, -0.05) is 12.1 Å². The first-order valence-electron chi connectivity index (χ1n) is 7.04. The number of nitrogens with zero attached hydrogens (tertiary/aromatic N) is 3. The van der Waals surface area contributed by atoms with Gasteiger partial charge in [0.05, 0.1) is 29.6 Å². The van der Waals surface area contributed by atoms with Gasteiger partial charge in [0.15, 0.2) is 0 Å². The first kappa shape index (κ1) is 12.1.